The second-order valence-corrected chi connectivity index (χ2v) is 6.68. The van der Waals surface area contributed by atoms with Gasteiger partial charge >= 0.3 is 6.09 Å². The molecule has 2 N–H and O–H groups in total. The Kier molecular flexibility index (Phi) is 4.36. The van der Waals surface area contributed by atoms with Crippen molar-refractivity contribution in [1.29, 1.82) is 0 Å². The lowest BCUT2D eigenvalue weighted by Gasteiger charge is -2.37. The van der Waals surface area contributed by atoms with Gasteiger partial charge in [-0.1, -0.05) is 0 Å². The Balaban J connectivity index is 1.71. The highest BCUT2D eigenvalue weighted by Crippen LogP contribution is 2.35. The number of carbonyl (C=O) groups is 1. The number of aliphatic hydroxyl groups is 1. The Bertz CT molecular complexity index is 313. The van der Waals surface area contributed by atoms with Gasteiger partial charge < -0.3 is 15.2 Å². The second kappa shape index (κ2) is 5.67. The quantitative estimate of drug-likeness (QED) is 0.816. The van der Waals surface area contributed by atoms with Crippen molar-refractivity contribution in [3.05, 3.63) is 0 Å². The van der Waals surface area contributed by atoms with Gasteiger partial charge in [0.25, 0.3) is 0 Å². The second-order valence-electron chi connectivity index (χ2n) is 6.68. The third-order valence-corrected chi connectivity index (χ3v) is 3.90. The van der Waals surface area contributed by atoms with E-state index in [1.165, 1.54) is 12.8 Å². The number of piperidine rings is 1. The molecule has 0 aliphatic carbocycles. The molecule has 19 heavy (non-hydrogen) atoms. The summed E-state index contributed by atoms with van der Waals surface area (Å²) in [6, 6.07) is 0.989. The number of rotatable bonds is 3. The van der Waals surface area contributed by atoms with Crippen LogP contribution < -0.4 is 5.32 Å². The maximum absolute atomic E-state index is 11.5. The van der Waals surface area contributed by atoms with E-state index in [-0.39, 0.29) is 12.2 Å². The molecular weight excluding hydrogens is 244 g/mol. The number of alkyl carbamates (subject to hydrolysis) is 1. The summed E-state index contributed by atoms with van der Waals surface area (Å²) in [6.45, 7) is 7.04. The number of nitrogens with one attached hydrogen (secondary N) is 1. The fourth-order valence-corrected chi connectivity index (χ4v) is 3.21. The average Bonchev–Trinajstić information content (AvgIpc) is 2.51. The summed E-state index contributed by atoms with van der Waals surface area (Å²) >= 11 is 0. The summed E-state index contributed by atoms with van der Waals surface area (Å²) in [4.78, 5) is 14.0. The lowest BCUT2D eigenvalue weighted by Crippen LogP contribution is -2.48. The molecule has 0 aromatic heterocycles. The van der Waals surface area contributed by atoms with Crippen molar-refractivity contribution in [2.75, 3.05) is 13.1 Å². The Labute approximate surface area is 115 Å². The van der Waals surface area contributed by atoms with Crippen LogP contribution >= 0.6 is 0 Å². The van der Waals surface area contributed by atoms with E-state index in [2.05, 4.69) is 10.2 Å². The fourth-order valence-electron chi connectivity index (χ4n) is 3.21. The highest BCUT2D eigenvalue weighted by molar-refractivity contribution is 5.67. The van der Waals surface area contributed by atoms with Crippen LogP contribution in [0.15, 0.2) is 0 Å². The molecule has 0 spiro atoms. The van der Waals surface area contributed by atoms with E-state index < -0.39 is 5.60 Å². The first-order chi connectivity index (χ1) is 8.85. The molecular formula is C14H26N2O3. The summed E-state index contributed by atoms with van der Waals surface area (Å²) in [5, 5.41) is 12.5. The van der Waals surface area contributed by atoms with Gasteiger partial charge in [-0.05, 0) is 46.5 Å². The summed E-state index contributed by atoms with van der Waals surface area (Å²) in [5.41, 5.74) is -0.446. The van der Waals surface area contributed by atoms with Crippen LogP contribution in [0.2, 0.25) is 0 Å². The van der Waals surface area contributed by atoms with Gasteiger partial charge in [0.1, 0.15) is 5.60 Å². The van der Waals surface area contributed by atoms with Crippen LogP contribution in [0.3, 0.4) is 0 Å². The predicted molar refractivity (Wildman–Crippen MR) is 73.0 cm³/mol. The highest BCUT2D eigenvalue weighted by atomic mass is 16.6. The first-order valence-corrected chi connectivity index (χ1v) is 7.26. The zero-order valence-electron chi connectivity index (χ0n) is 12.2. The minimum absolute atomic E-state index is 0.132. The van der Waals surface area contributed by atoms with E-state index in [9.17, 15) is 9.90 Å². The van der Waals surface area contributed by atoms with Crippen molar-refractivity contribution >= 4 is 6.09 Å². The Hall–Kier alpha value is -0.810. The molecule has 5 nitrogen and oxygen atoms in total. The Morgan fingerprint density at radius 1 is 1.32 bits per heavy atom. The standard InChI is InChI=1S/C14H26N2O3/c1-14(2,3)19-13(18)15-6-7-16-10-4-5-11(16)9-12(17)8-10/h10-12,17H,4-9H2,1-3H3,(H,15,18). The van der Waals surface area contributed by atoms with Crippen LogP contribution in [-0.4, -0.2) is 53.0 Å². The molecule has 2 atom stereocenters. The third kappa shape index (κ3) is 4.08. The lowest BCUT2D eigenvalue weighted by molar-refractivity contribution is 0.0324. The van der Waals surface area contributed by atoms with Crippen LogP contribution in [0.1, 0.15) is 46.5 Å². The fraction of sp³-hybridized carbons (Fsp3) is 0.929. The summed E-state index contributed by atoms with van der Waals surface area (Å²) in [5.74, 6) is 0. The van der Waals surface area contributed by atoms with Gasteiger partial charge in [-0.2, -0.15) is 0 Å². The van der Waals surface area contributed by atoms with Crippen molar-refractivity contribution in [3.63, 3.8) is 0 Å². The van der Waals surface area contributed by atoms with E-state index in [4.69, 9.17) is 4.74 Å². The molecule has 2 fully saturated rings. The molecule has 2 aliphatic rings. The zero-order valence-corrected chi connectivity index (χ0v) is 12.2. The molecule has 2 rings (SSSR count). The molecule has 110 valence electrons. The molecule has 0 aromatic carbocycles. The third-order valence-electron chi connectivity index (χ3n) is 3.90. The number of nitrogens with zero attached hydrogens (tertiary/aromatic N) is 1. The van der Waals surface area contributed by atoms with Crippen LogP contribution in [0.4, 0.5) is 4.79 Å². The van der Waals surface area contributed by atoms with Crippen molar-refractivity contribution < 1.29 is 14.6 Å². The van der Waals surface area contributed by atoms with E-state index >= 15 is 0 Å². The number of amides is 1. The van der Waals surface area contributed by atoms with Crippen LogP contribution in [0, 0.1) is 0 Å². The molecule has 0 radical (unpaired) electrons. The lowest BCUT2D eigenvalue weighted by atomic mass is 10.00. The van der Waals surface area contributed by atoms with Crippen molar-refractivity contribution in [2.24, 2.45) is 0 Å². The number of ether oxygens (including phenoxy) is 1. The molecule has 2 bridgehead atoms. The van der Waals surface area contributed by atoms with Crippen LogP contribution in [-0.2, 0) is 4.74 Å². The van der Waals surface area contributed by atoms with E-state index in [1.54, 1.807) is 0 Å². The molecule has 2 unspecified atom stereocenters. The Morgan fingerprint density at radius 3 is 2.42 bits per heavy atom. The number of aliphatic hydroxyl groups excluding tert-OH is 1. The first kappa shape index (κ1) is 14.6. The number of carbonyl (C=O) groups excluding carboxylic acids is 1. The topological polar surface area (TPSA) is 61.8 Å². The maximum Gasteiger partial charge on any atom is 0.407 e. The number of hydrogen-bond donors (Lipinski definition) is 2. The summed E-state index contributed by atoms with van der Waals surface area (Å²) in [7, 11) is 0. The highest BCUT2D eigenvalue weighted by Gasteiger charge is 2.39. The van der Waals surface area contributed by atoms with Crippen molar-refractivity contribution in [3.8, 4) is 0 Å². The number of hydrogen-bond acceptors (Lipinski definition) is 4. The van der Waals surface area contributed by atoms with Crippen LogP contribution in [0.5, 0.6) is 0 Å². The smallest absolute Gasteiger partial charge is 0.407 e. The van der Waals surface area contributed by atoms with Gasteiger partial charge in [-0.15, -0.1) is 0 Å². The van der Waals surface area contributed by atoms with Gasteiger partial charge in [0.2, 0.25) is 0 Å². The molecule has 0 saturated carbocycles. The van der Waals surface area contributed by atoms with Gasteiger partial charge in [-0.25, -0.2) is 4.79 Å². The average molecular weight is 270 g/mol. The Morgan fingerprint density at radius 2 is 1.89 bits per heavy atom. The largest absolute Gasteiger partial charge is 0.444 e. The molecule has 0 aromatic rings. The van der Waals surface area contributed by atoms with E-state index in [0.717, 1.165) is 19.4 Å². The minimum atomic E-state index is -0.446. The SMILES string of the molecule is CC(C)(C)OC(=O)NCCN1C2CCC1CC(O)C2. The molecule has 1 amide bonds. The van der Waals surface area contributed by atoms with Crippen LogP contribution in [0.25, 0.3) is 0 Å². The first-order valence-electron chi connectivity index (χ1n) is 7.26. The predicted octanol–water partition coefficient (Wildman–Crippen LogP) is 1.50. The molecule has 5 heteroatoms. The van der Waals surface area contributed by atoms with Gasteiger partial charge in [0, 0.05) is 25.2 Å². The molecule has 2 saturated heterocycles. The monoisotopic (exact) mass is 270 g/mol. The van der Waals surface area contributed by atoms with E-state index in [0.29, 0.717) is 18.6 Å². The molecule has 2 heterocycles. The van der Waals surface area contributed by atoms with Gasteiger partial charge in [0.15, 0.2) is 0 Å². The minimum Gasteiger partial charge on any atom is -0.444 e. The van der Waals surface area contributed by atoms with Crippen molar-refractivity contribution in [2.45, 2.75) is 70.2 Å². The van der Waals surface area contributed by atoms with Gasteiger partial charge in [0.05, 0.1) is 6.10 Å². The number of fused-ring (bicyclic) bond motifs is 2. The zero-order chi connectivity index (χ0) is 14.0. The molecule has 2 aliphatic heterocycles. The van der Waals surface area contributed by atoms with Crippen molar-refractivity contribution in [1.82, 2.24) is 10.2 Å². The normalized spacial score (nSPS) is 31.3. The van der Waals surface area contributed by atoms with E-state index in [1.807, 2.05) is 20.8 Å². The van der Waals surface area contributed by atoms with Gasteiger partial charge in [-0.3, -0.25) is 4.90 Å². The summed E-state index contributed by atoms with van der Waals surface area (Å²) < 4.78 is 5.20. The summed E-state index contributed by atoms with van der Waals surface area (Å²) in [6.07, 6.45) is 3.62. The maximum atomic E-state index is 11.5.